The van der Waals surface area contributed by atoms with E-state index in [9.17, 15) is 4.79 Å². The molecule has 2 atom stereocenters. The Kier molecular flexibility index (Phi) is 8.61. The Morgan fingerprint density at radius 3 is 2.58 bits per heavy atom. The number of fused-ring (bicyclic) bond motifs is 1. The lowest BCUT2D eigenvalue weighted by Gasteiger charge is -2.26. The molecule has 4 rings (SSSR count). The molecule has 2 heterocycles. The van der Waals surface area contributed by atoms with Gasteiger partial charge in [-0.15, -0.1) is 0 Å². The largest absolute Gasteiger partial charge is 0.481 e. The molecule has 0 amide bonds. The molecule has 1 unspecified atom stereocenters. The molecule has 3 N–H and O–H groups in total. The third-order valence-corrected chi connectivity index (χ3v) is 5.38. The van der Waals surface area contributed by atoms with Gasteiger partial charge in [0, 0.05) is 25.8 Å². The second kappa shape index (κ2) is 11.9. The highest BCUT2D eigenvalue weighted by molar-refractivity contribution is 5.70. The van der Waals surface area contributed by atoms with Gasteiger partial charge in [0.1, 0.15) is 0 Å². The van der Waals surface area contributed by atoms with Crippen LogP contribution in [0.3, 0.4) is 0 Å². The summed E-state index contributed by atoms with van der Waals surface area (Å²) in [4.78, 5) is 15.3. The van der Waals surface area contributed by atoms with Crippen LogP contribution in [0, 0.1) is 5.92 Å². The smallest absolute Gasteiger partial charge is 0.307 e. The van der Waals surface area contributed by atoms with E-state index in [2.05, 4.69) is 34.7 Å². The maximum atomic E-state index is 10.9. The van der Waals surface area contributed by atoms with E-state index in [1.165, 1.54) is 5.56 Å². The second-order valence-corrected chi connectivity index (χ2v) is 7.98. The minimum Gasteiger partial charge on any atom is -0.481 e. The van der Waals surface area contributed by atoms with E-state index in [1.807, 2.05) is 66.9 Å². The average Bonchev–Trinajstić information content (AvgIpc) is 2.80. The van der Waals surface area contributed by atoms with Gasteiger partial charge in [-0.1, -0.05) is 67.6 Å². The van der Waals surface area contributed by atoms with Crippen molar-refractivity contribution in [3.63, 3.8) is 0 Å². The van der Waals surface area contributed by atoms with E-state index in [0.29, 0.717) is 11.8 Å². The quantitative estimate of drug-likeness (QED) is 0.532. The summed E-state index contributed by atoms with van der Waals surface area (Å²) in [6.07, 6.45) is 2.93. The summed E-state index contributed by atoms with van der Waals surface area (Å²) in [6, 6.07) is 23.9. The van der Waals surface area contributed by atoms with Crippen molar-refractivity contribution in [1.29, 1.82) is 0 Å². The number of benzene rings is 2. The van der Waals surface area contributed by atoms with Crippen LogP contribution < -0.4 is 10.6 Å². The van der Waals surface area contributed by atoms with Crippen LogP contribution in [0.15, 0.2) is 79.0 Å². The van der Waals surface area contributed by atoms with Crippen molar-refractivity contribution in [2.24, 2.45) is 5.92 Å². The zero-order chi connectivity index (χ0) is 21.9. The fourth-order valence-electron chi connectivity index (χ4n) is 3.70. The van der Waals surface area contributed by atoms with E-state index in [1.54, 1.807) is 0 Å². The molecule has 3 aromatic rings. The van der Waals surface area contributed by atoms with Crippen LogP contribution in [0.25, 0.3) is 0 Å². The Hall–Kier alpha value is -3.18. The van der Waals surface area contributed by atoms with E-state index >= 15 is 0 Å². The molecule has 1 aliphatic heterocycles. The SMILES string of the molecule is CC(CNC[C@@H]1CNc2cccnc2C1)c1cccc(CC(=O)O)c1.c1ccccc1. The lowest BCUT2D eigenvalue weighted by Crippen LogP contribution is -2.34. The van der Waals surface area contributed by atoms with Crippen LogP contribution in [-0.2, 0) is 17.6 Å². The molecule has 0 aliphatic carbocycles. The van der Waals surface area contributed by atoms with Crippen molar-refractivity contribution in [3.8, 4) is 0 Å². The predicted octanol–water partition coefficient (Wildman–Crippen LogP) is 4.37. The number of rotatable bonds is 7. The lowest BCUT2D eigenvalue weighted by atomic mass is 9.96. The predicted molar refractivity (Wildman–Crippen MR) is 125 cm³/mol. The van der Waals surface area contributed by atoms with Gasteiger partial charge in [0.15, 0.2) is 0 Å². The number of pyridine rings is 1. The number of carbonyl (C=O) groups is 1. The van der Waals surface area contributed by atoms with Crippen molar-refractivity contribution < 1.29 is 9.90 Å². The molecule has 5 heteroatoms. The number of nitrogens with zero attached hydrogens (tertiary/aromatic N) is 1. The first-order valence-electron chi connectivity index (χ1n) is 10.8. The van der Waals surface area contributed by atoms with Crippen LogP contribution >= 0.6 is 0 Å². The van der Waals surface area contributed by atoms with Crippen LogP contribution in [0.2, 0.25) is 0 Å². The molecule has 0 saturated heterocycles. The zero-order valence-electron chi connectivity index (χ0n) is 18.0. The highest BCUT2D eigenvalue weighted by Crippen LogP contribution is 2.22. The molecule has 5 nitrogen and oxygen atoms in total. The number of carboxylic acid groups (broad SMARTS) is 1. The number of nitrogens with one attached hydrogen (secondary N) is 2. The minimum absolute atomic E-state index is 0.0775. The van der Waals surface area contributed by atoms with Crippen molar-refractivity contribution >= 4 is 11.7 Å². The first-order chi connectivity index (χ1) is 15.1. The van der Waals surface area contributed by atoms with Crippen molar-refractivity contribution in [2.45, 2.75) is 25.7 Å². The second-order valence-electron chi connectivity index (χ2n) is 7.98. The monoisotopic (exact) mass is 417 g/mol. The topological polar surface area (TPSA) is 74.2 Å². The van der Waals surface area contributed by atoms with Gasteiger partial charge in [-0.25, -0.2) is 0 Å². The summed E-state index contributed by atoms with van der Waals surface area (Å²) in [7, 11) is 0. The summed E-state index contributed by atoms with van der Waals surface area (Å²) in [6.45, 7) is 4.96. The Balaban J connectivity index is 0.000000391. The molecule has 0 radical (unpaired) electrons. The molecule has 0 spiro atoms. The molecule has 0 saturated carbocycles. The zero-order valence-corrected chi connectivity index (χ0v) is 18.0. The molecular formula is C26H31N3O2. The number of aromatic nitrogens is 1. The molecule has 31 heavy (non-hydrogen) atoms. The minimum atomic E-state index is -0.790. The third kappa shape index (κ3) is 7.54. The molecule has 1 aromatic heterocycles. The summed E-state index contributed by atoms with van der Waals surface area (Å²) in [5, 5.41) is 15.9. The van der Waals surface area contributed by atoms with Crippen LogP contribution in [0.5, 0.6) is 0 Å². The van der Waals surface area contributed by atoms with Crippen LogP contribution in [-0.4, -0.2) is 35.7 Å². The van der Waals surface area contributed by atoms with Crippen LogP contribution in [0.4, 0.5) is 5.69 Å². The average molecular weight is 418 g/mol. The van der Waals surface area contributed by atoms with Gasteiger partial charge in [0.2, 0.25) is 0 Å². The third-order valence-electron chi connectivity index (χ3n) is 5.38. The summed E-state index contributed by atoms with van der Waals surface area (Å²) in [5.74, 6) is 0.0882. The van der Waals surface area contributed by atoms with Gasteiger partial charge in [0.25, 0.3) is 0 Å². The maximum absolute atomic E-state index is 10.9. The first kappa shape index (κ1) is 22.5. The summed E-state index contributed by atoms with van der Waals surface area (Å²) >= 11 is 0. The fourth-order valence-corrected chi connectivity index (χ4v) is 3.70. The lowest BCUT2D eigenvalue weighted by molar-refractivity contribution is -0.136. The van der Waals surface area contributed by atoms with Gasteiger partial charge in [-0.2, -0.15) is 0 Å². The first-order valence-corrected chi connectivity index (χ1v) is 10.8. The Morgan fingerprint density at radius 1 is 1.13 bits per heavy atom. The molecular weight excluding hydrogens is 386 g/mol. The van der Waals surface area contributed by atoms with Gasteiger partial charge in [0.05, 0.1) is 17.8 Å². The van der Waals surface area contributed by atoms with Gasteiger partial charge in [-0.3, -0.25) is 9.78 Å². The van der Waals surface area contributed by atoms with Crippen molar-refractivity contribution in [1.82, 2.24) is 10.3 Å². The number of hydrogen-bond acceptors (Lipinski definition) is 4. The van der Waals surface area contributed by atoms with Crippen molar-refractivity contribution in [2.75, 3.05) is 25.0 Å². The standard InChI is InChI=1S/C20H25N3O2.C6H6/c1-14(17-5-2-4-15(8-17)10-20(24)25)11-21-12-16-9-19-18(23-13-16)6-3-7-22-19;1-2-4-6-5-3-1/h2-8,14,16,21,23H,9-13H2,1H3,(H,24,25);1-6H/t14?,16-;/m1./s1. The van der Waals surface area contributed by atoms with E-state index < -0.39 is 5.97 Å². The molecule has 2 aromatic carbocycles. The molecule has 1 aliphatic rings. The fraction of sp³-hybridized carbons (Fsp3) is 0.308. The number of aliphatic carboxylic acids is 1. The van der Waals surface area contributed by atoms with E-state index in [4.69, 9.17) is 5.11 Å². The van der Waals surface area contributed by atoms with E-state index in [-0.39, 0.29) is 6.42 Å². The summed E-state index contributed by atoms with van der Waals surface area (Å²) in [5.41, 5.74) is 4.34. The van der Waals surface area contributed by atoms with Gasteiger partial charge >= 0.3 is 5.97 Å². The van der Waals surface area contributed by atoms with Gasteiger partial charge in [-0.05, 0) is 41.5 Å². The Morgan fingerprint density at radius 2 is 1.87 bits per heavy atom. The highest BCUT2D eigenvalue weighted by atomic mass is 16.4. The number of hydrogen-bond donors (Lipinski definition) is 3. The van der Waals surface area contributed by atoms with Crippen LogP contribution in [0.1, 0.15) is 29.7 Å². The molecule has 0 fully saturated rings. The highest BCUT2D eigenvalue weighted by Gasteiger charge is 2.18. The molecule has 0 bridgehead atoms. The van der Waals surface area contributed by atoms with Crippen molar-refractivity contribution in [3.05, 3.63) is 95.8 Å². The molecule has 162 valence electrons. The normalized spacial score (nSPS) is 15.6. The van der Waals surface area contributed by atoms with Gasteiger partial charge < -0.3 is 15.7 Å². The number of carboxylic acids is 1. The number of anilines is 1. The van der Waals surface area contributed by atoms with E-state index in [0.717, 1.165) is 43.0 Å². The maximum Gasteiger partial charge on any atom is 0.307 e. The summed E-state index contributed by atoms with van der Waals surface area (Å²) < 4.78 is 0. The Labute approximate surface area is 184 Å². The Bertz CT molecular complexity index is 919.